The largest absolute Gasteiger partial charge is 0.293 e. The molecule has 0 spiro atoms. The molecule has 0 aliphatic heterocycles. The third-order valence-corrected chi connectivity index (χ3v) is 3.34. The van der Waals surface area contributed by atoms with Crippen molar-refractivity contribution in [2.24, 2.45) is 20.0 Å². The first-order valence-corrected chi connectivity index (χ1v) is 6.40. The summed E-state index contributed by atoms with van der Waals surface area (Å²) < 4.78 is 3.16. The third kappa shape index (κ3) is 2.41. The van der Waals surface area contributed by atoms with Gasteiger partial charge in [0.2, 0.25) is 0 Å². The van der Waals surface area contributed by atoms with Crippen molar-refractivity contribution in [2.75, 3.05) is 0 Å². The highest BCUT2D eigenvalue weighted by Gasteiger charge is 2.28. The summed E-state index contributed by atoms with van der Waals surface area (Å²) in [7, 11) is 3.50. The summed E-state index contributed by atoms with van der Waals surface area (Å²) in [5.41, 5.74) is 2.27. The quantitative estimate of drug-likeness (QED) is 0.625. The van der Waals surface area contributed by atoms with Gasteiger partial charge in [0.05, 0.1) is 28.4 Å². The number of ketones is 2. The van der Waals surface area contributed by atoms with Crippen LogP contribution in [0.25, 0.3) is 0 Å². The maximum atomic E-state index is 12.4. The van der Waals surface area contributed by atoms with E-state index >= 15 is 0 Å². The van der Waals surface area contributed by atoms with Gasteiger partial charge in [-0.2, -0.15) is 10.2 Å². The van der Waals surface area contributed by atoms with Crippen LogP contribution in [0.15, 0.2) is 12.4 Å². The van der Waals surface area contributed by atoms with Gasteiger partial charge in [-0.25, -0.2) is 0 Å². The molecule has 0 aliphatic carbocycles. The predicted molar refractivity (Wildman–Crippen MR) is 73.7 cm³/mol. The highest BCUT2D eigenvalue weighted by Crippen LogP contribution is 2.18. The van der Waals surface area contributed by atoms with Gasteiger partial charge < -0.3 is 0 Å². The number of Topliss-reactive ketones (excluding diaryl/α,β-unsaturated/α-hetero) is 2. The van der Waals surface area contributed by atoms with Crippen LogP contribution in [-0.4, -0.2) is 31.1 Å². The number of nitrogens with zero attached hydrogens (tertiary/aromatic N) is 4. The SMILES string of the molecule is Cc1nn(C)cc1C(=O)C(C)C(=O)c1cn(C)nc1C. The molecule has 0 saturated heterocycles. The van der Waals surface area contributed by atoms with Gasteiger partial charge >= 0.3 is 0 Å². The molecular weight excluding hydrogens is 256 g/mol. The van der Waals surface area contributed by atoms with Gasteiger partial charge in [-0.15, -0.1) is 0 Å². The normalized spacial score (nSPS) is 11.1. The molecule has 20 heavy (non-hydrogen) atoms. The smallest absolute Gasteiger partial charge is 0.176 e. The Balaban J connectivity index is 2.29. The number of carbonyl (C=O) groups excluding carboxylic acids is 2. The van der Waals surface area contributed by atoms with Crippen LogP contribution in [-0.2, 0) is 14.1 Å². The molecule has 0 saturated carbocycles. The zero-order valence-corrected chi connectivity index (χ0v) is 12.3. The Hall–Kier alpha value is -2.24. The summed E-state index contributed by atoms with van der Waals surface area (Å²) in [5.74, 6) is -1.14. The van der Waals surface area contributed by atoms with Crippen molar-refractivity contribution in [1.82, 2.24) is 19.6 Å². The number of hydrogen-bond acceptors (Lipinski definition) is 4. The van der Waals surface area contributed by atoms with Crippen LogP contribution in [0.4, 0.5) is 0 Å². The lowest BCUT2D eigenvalue weighted by molar-refractivity contribution is 0.0820. The molecule has 0 fully saturated rings. The molecule has 2 aromatic rings. The molecule has 6 heteroatoms. The standard InChI is InChI=1S/C14H18N4O2/c1-8(13(19)11-6-17(4)15-9(11)2)14(20)12-7-18(5)16-10(12)3/h6-8H,1-5H3. The average molecular weight is 274 g/mol. The topological polar surface area (TPSA) is 69.8 Å². The van der Waals surface area contributed by atoms with Crippen LogP contribution in [0.1, 0.15) is 39.0 Å². The Morgan fingerprint density at radius 1 is 0.950 bits per heavy atom. The van der Waals surface area contributed by atoms with E-state index in [9.17, 15) is 9.59 Å². The highest BCUT2D eigenvalue weighted by molar-refractivity contribution is 6.16. The van der Waals surface area contributed by atoms with Crippen LogP contribution in [0, 0.1) is 19.8 Å². The Bertz CT molecular complexity index is 623. The minimum Gasteiger partial charge on any atom is -0.293 e. The third-order valence-electron chi connectivity index (χ3n) is 3.34. The molecule has 2 aromatic heterocycles. The number of aromatic nitrogens is 4. The molecule has 0 atom stereocenters. The predicted octanol–water partition coefficient (Wildman–Crippen LogP) is 1.47. The van der Waals surface area contributed by atoms with Gasteiger partial charge in [0, 0.05) is 26.5 Å². The fourth-order valence-corrected chi connectivity index (χ4v) is 2.27. The van der Waals surface area contributed by atoms with E-state index in [-0.39, 0.29) is 11.6 Å². The molecule has 6 nitrogen and oxygen atoms in total. The van der Waals surface area contributed by atoms with E-state index in [2.05, 4.69) is 10.2 Å². The lowest BCUT2D eigenvalue weighted by atomic mass is 9.92. The van der Waals surface area contributed by atoms with Crippen molar-refractivity contribution in [3.8, 4) is 0 Å². The molecular formula is C14H18N4O2. The molecule has 0 aromatic carbocycles. The van der Waals surface area contributed by atoms with Crippen LogP contribution in [0.2, 0.25) is 0 Å². The molecule has 0 amide bonds. The van der Waals surface area contributed by atoms with E-state index in [0.717, 1.165) is 0 Å². The van der Waals surface area contributed by atoms with E-state index in [0.29, 0.717) is 22.5 Å². The zero-order chi connectivity index (χ0) is 15.0. The minimum absolute atomic E-state index is 0.205. The van der Waals surface area contributed by atoms with Crippen LogP contribution < -0.4 is 0 Å². The van der Waals surface area contributed by atoms with Gasteiger partial charge in [-0.05, 0) is 20.8 Å². The number of hydrogen-bond donors (Lipinski definition) is 0. The lowest BCUT2D eigenvalue weighted by Gasteiger charge is -2.08. The minimum atomic E-state index is -0.735. The van der Waals surface area contributed by atoms with Gasteiger partial charge in [0.1, 0.15) is 0 Å². The van der Waals surface area contributed by atoms with Crippen molar-refractivity contribution >= 4 is 11.6 Å². The number of aryl methyl sites for hydroxylation is 4. The second kappa shape index (κ2) is 5.03. The van der Waals surface area contributed by atoms with E-state index in [1.165, 1.54) is 0 Å². The number of carbonyl (C=O) groups is 2. The van der Waals surface area contributed by atoms with Crippen molar-refractivity contribution in [3.63, 3.8) is 0 Å². The van der Waals surface area contributed by atoms with Crippen molar-refractivity contribution in [3.05, 3.63) is 34.9 Å². The summed E-state index contributed by atoms with van der Waals surface area (Å²) in [6, 6.07) is 0. The fraction of sp³-hybridized carbons (Fsp3) is 0.429. The van der Waals surface area contributed by atoms with Crippen molar-refractivity contribution in [1.29, 1.82) is 0 Å². The highest BCUT2D eigenvalue weighted by atomic mass is 16.2. The average Bonchev–Trinajstić information content (AvgIpc) is 2.88. The summed E-state index contributed by atoms with van der Waals surface area (Å²) in [5, 5.41) is 8.27. The molecule has 0 radical (unpaired) electrons. The first-order valence-electron chi connectivity index (χ1n) is 6.40. The van der Waals surface area contributed by atoms with Gasteiger partial charge in [-0.3, -0.25) is 19.0 Å². The van der Waals surface area contributed by atoms with E-state index < -0.39 is 5.92 Å². The van der Waals surface area contributed by atoms with Gasteiger partial charge in [-0.1, -0.05) is 0 Å². The Labute approximate surface area is 117 Å². The molecule has 0 bridgehead atoms. The first-order chi connectivity index (χ1) is 9.31. The number of rotatable bonds is 4. The second-order valence-electron chi connectivity index (χ2n) is 5.05. The molecule has 0 unspecified atom stereocenters. The van der Waals surface area contributed by atoms with E-state index in [4.69, 9.17) is 0 Å². The monoisotopic (exact) mass is 274 g/mol. The van der Waals surface area contributed by atoms with Gasteiger partial charge in [0.15, 0.2) is 11.6 Å². The van der Waals surface area contributed by atoms with Gasteiger partial charge in [0.25, 0.3) is 0 Å². The molecule has 2 heterocycles. The first kappa shape index (κ1) is 14.2. The second-order valence-corrected chi connectivity index (χ2v) is 5.05. The van der Waals surface area contributed by atoms with E-state index in [1.807, 2.05) is 0 Å². The summed E-state index contributed by atoms with van der Waals surface area (Å²) >= 11 is 0. The van der Waals surface area contributed by atoms with Crippen molar-refractivity contribution < 1.29 is 9.59 Å². The molecule has 106 valence electrons. The maximum Gasteiger partial charge on any atom is 0.176 e. The molecule has 0 aliphatic rings. The summed E-state index contributed by atoms with van der Waals surface area (Å²) in [6.07, 6.45) is 3.30. The summed E-state index contributed by atoms with van der Waals surface area (Å²) in [6.45, 7) is 5.16. The van der Waals surface area contributed by atoms with Crippen LogP contribution in [0.3, 0.4) is 0 Å². The Morgan fingerprint density at radius 3 is 1.55 bits per heavy atom. The van der Waals surface area contributed by atoms with E-state index in [1.54, 1.807) is 56.6 Å². The Kier molecular flexibility index (Phi) is 3.57. The lowest BCUT2D eigenvalue weighted by Crippen LogP contribution is -2.22. The fourth-order valence-electron chi connectivity index (χ4n) is 2.27. The molecule has 2 rings (SSSR count). The van der Waals surface area contributed by atoms with Crippen LogP contribution >= 0.6 is 0 Å². The van der Waals surface area contributed by atoms with Crippen LogP contribution in [0.5, 0.6) is 0 Å². The van der Waals surface area contributed by atoms with Crippen molar-refractivity contribution in [2.45, 2.75) is 20.8 Å². The maximum absolute atomic E-state index is 12.4. The Morgan fingerprint density at radius 2 is 1.30 bits per heavy atom. The summed E-state index contributed by atoms with van der Waals surface area (Å²) in [4.78, 5) is 24.8. The zero-order valence-electron chi connectivity index (χ0n) is 12.3. The molecule has 0 N–H and O–H groups in total.